The van der Waals surface area contributed by atoms with E-state index in [0.29, 0.717) is 12.3 Å². The molecule has 1 atom stereocenters. The molecule has 1 aliphatic rings. The quantitative estimate of drug-likeness (QED) is 0.699. The van der Waals surface area contributed by atoms with E-state index in [-0.39, 0.29) is 18.1 Å². The van der Waals surface area contributed by atoms with Crippen LogP contribution in [0.5, 0.6) is 5.75 Å². The summed E-state index contributed by atoms with van der Waals surface area (Å²) in [6, 6.07) is 7.87. The number of rotatable bonds is 8. The van der Waals surface area contributed by atoms with Gasteiger partial charge < -0.3 is 14.8 Å². The molecule has 146 valence electrons. The van der Waals surface area contributed by atoms with Crippen LogP contribution in [0.1, 0.15) is 26.7 Å². The fraction of sp³-hybridized carbons (Fsp3) is 0.526. The van der Waals surface area contributed by atoms with Gasteiger partial charge in [0.1, 0.15) is 5.75 Å². The Balaban J connectivity index is 1.81. The fourth-order valence-electron chi connectivity index (χ4n) is 3.00. The van der Waals surface area contributed by atoms with Gasteiger partial charge in [0, 0.05) is 18.2 Å². The minimum Gasteiger partial charge on any atom is -0.497 e. The SMILES string of the molecule is COc1ccc(-c2nnc(SCC(=O)NC(C)C)n2C[C@H]2CCCO2)cc1. The number of nitrogens with zero attached hydrogens (tertiary/aromatic N) is 3. The molecule has 3 rings (SSSR count). The van der Waals surface area contributed by atoms with Gasteiger partial charge in [-0.3, -0.25) is 9.36 Å². The van der Waals surface area contributed by atoms with Gasteiger partial charge in [-0.15, -0.1) is 10.2 Å². The average Bonchev–Trinajstić information content (AvgIpc) is 3.30. The van der Waals surface area contributed by atoms with E-state index in [1.807, 2.05) is 38.1 Å². The molecule has 1 aliphatic heterocycles. The van der Waals surface area contributed by atoms with Crippen LogP contribution in [0.25, 0.3) is 11.4 Å². The second-order valence-electron chi connectivity index (χ2n) is 6.79. The van der Waals surface area contributed by atoms with Gasteiger partial charge in [-0.2, -0.15) is 0 Å². The van der Waals surface area contributed by atoms with E-state index in [1.165, 1.54) is 11.8 Å². The first-order valence-electron chi connectivity index (χ1n) is 9.18. The van der Waals surface area contributed by atoms with Gasteiger partial charge in [-0.05, 0) is 51.0 Å². The van der Waals surface area contributed by atoms with Crippen molar-refractivity contribution in [3.05, 3.63) is 24.3 Å². The highest BCUT2D eigenvalue weighted by Crippen LogP contribution is 2.27. The second-order valence-corrected chi connectivity index (χ2v) is 7.73. The molecule has 27 heavy (non-hydrogen) atoms. The van der Waals surface area contributed by atoms with Gasteiger partial charge in [-0.25, -0.2) is 0 Å². The van der Waals surface area contributed by atoms with Crippen LogP contribution < -0.4 is 10.1 Å². The fourth-order valence-corrected chi connectivity index (χ4v) is 3.76. The Morgan fingerprint density at radius 3 is 2.78 bits per heavy atom. The number of carbonyl (C=O) groups is 1. The molecule has 0 spiro atoms. The molecule has 0 bridgehead atoms. The van der Waals surface area contributed by atoms with Crippen molar-refractivity contribution in [2.75, 3.05) is 19.5 Å². The monoisotopic (exact) mass is 390 g/mol. The number of thioether (sulfide) groups is 1. The van der Waals surface area contributed by atoms with Crippen molar-refractivity contribution in [1.82, 2.24) is 20.1 Å². The molecule has 8 heteroatoms. The summed E-state index contributed by atoms with van der Waals surface area (Å²) in [6.07, 6.45) is 2.25. The Labute approximate surface area is 163 Å². The molecule has 1 amide bonds. The minimum atomic E-state index is -0.00679. The molecule has 0 radical (unpaired) electrons. The highest BCUT2D eigenvalue weighted by Gasteiger charge is 2.22. The third-order valence-electron chi connectivity index (χ3n) is 4.26. The number of methoxy groups -OCH3 is 1. The third-order valence-corrected chi connectivity index (χ3v) is 5.22. The van der Waals surface area contributed by atoms with Crippen molar-refractivity contribution in [1.29, 1.82) is 0 Å². The van der Waals surface area contributed by atoms with E-state index < -0.39 is 0 Å². The Morgan fingerprint density at radius 2 is 2.15 bits per heavy atom. The Morgan fingerprint density at radius 1 is 1.37 bits per heavy atom. The Kier molecular flexibility index (Phi) is 6.73. The highest BCUT2D eigenvalue weighted by molar-refractivity contribution is 7.99. The molecule has 0 saturated carbocycles. The van der Waals surface area contributed by atoms with Crippen LogP contribution in [0.3, 0.4) is 0 Å². The summed E-state index contributed by atoms with van der Waals surface area (Å²) in [4.78, 5) is 12.0. The molecule has 2 aromatic rings. The van der Waals surface area contributed by atoms with Gasteiger partial charge in [-0.1, -0.05) is 11.8 Å². The molecule has 1 saturated heterocycles. The van der Waals surface area contributed by atoms with Crippen molar-refractivity contribution in [3.63, 3.8) is 0 Å². The summed E-state index contributed by atoms with van der Waals surface area (Å²) in [5, 5.41) is 12.4. The molecule has 0 unspecified atom stereocenters. The number of hydrogen-bond acceptors (Lipinski definition) is 6. The number of benzene rings is 1. The second kappa shape index (κ2) is 9.23. The molecular weight excluding hydrogens is 364 g/mol. The number of ether oxygens (including phenoxy) is 2. The lowest BCUT2D eigenvalue weighted by Gasteiger charge is -2.15. The van der Waals surface area contributed by atoms with Gasteiger partial charge in [0.05, 0.1) is 25.5 Å². The van der Waals surface area contributed by atoms with Crippen LogP contribution in [-0.2, 0) is 16.1 Å². The van der Waals surface area contributed by atoms with Crippen LogP contribution in [0, 0.1) is 0 Å². The van der Waals surface area contributed by atoms with E-state index in [9.17, 15) is 4.79 Å². The zero-order valence-corrected chi connectivity index (χ0v) is 16.8. The maximum absolute atomic E-state index is 12.0. The molecule has 0 aliphatic carbocycles. The molecule has 1 aromatic heterocycles. The van der Waals surface area contributed by atoms with E-state index in [2.05, 4.69) is 20.1 Å². The highest BCUT2D eigenvalue weighted by atomic mass is 32.2. The molecule has 1 N–H and O–H groups in total. The van der Waals surface area contributed by atoms with Crippen molar-refractivity contribution in [2.24, 2.45) is 0 Å². The van der Waals surface area contributed by atoms with E-state index in [1.54, 1.807) is 7.11 Å². The zero-order valence-electron chi connectivity index (χ0n) is 16.0. The lowest BCUT2D eigenvalue weighted by Crippen LogP contribution is -2.31. The lowest BCUT2D eigenvalue weighted by atomic mass is 10.2. The number of aromatic nitrogens is 3. The smallest absolute Gasteiger partial charge is 0.230 e. The Bertz CT molecular complexity index is 755. The predicted octanol–water partition coefficient (Wildman–Crippen LogP) is 2.75. The van der Waals surface area contributed by atoms with Gasteiger partial charge in [0.2, 0.25) is 5.91 Å². The first-order chi connectivity index (χ1) is 13.1. The van der Waals surface area contributed by atoms with Crippen LogP contribution in [0.4, 0.5) is 0 Å². The van der Waals surface area contributed by atoms with Crippen molar-refractivity contribution >= 4 is 17.7 Å². The third kappa shape index (κ3) is 5.23. The summed E-state index contributed by atoms with van der Waals surface area (Å²) in [5.74, 6) is 1.88. The largest absolute Gasteiger partial charge is 0.497 e. The molecule has 7 nitrogen and oxygen atoms in total. The maximum atomic E-state index is 12.0. The minimum absolute atomic E-state index is 0.00679. The van der Waals surface area contributed by atoms with Gasteiger partial charge >= 0.3 is 0 Å². The number of nitrogens with one attached hydrogen (secondary N) is 1. The summed E-state index contributed by atoms with van der Waals surface area (Å²) >= 11 is 1.40. The molecule has 1 fully saturated rings. The van der Waals surface area contributed by atoms with Crippen LogP contribution in [0.15, 0.2) is 29.4 Å². The summed E-state index contributed by atoms with van der Waals surface area (Å²) in [6.45, 7) is 5.38. The van der Waals surface area contributed by atoms with E-state index in [4.69, 9.17) is 9.47 Å². The molecule has 1 aromatic carbocycles. The van der Waals surface area contributed by atoms with Gasteiger partial charge in [0.15, 0.2) is 11.0 Å². The average molecular weight is 391 g/mol. The van der Waals surface area contributed by atoms with Crippen molar-refractivity contribution < 1.29 is 14.3 Å². The van der Waals surface area contributed by atoms with Gasteiger partial charge in [0.25, 0.3) is 0 Å². The van der Waals surface area contributed by atoms with Crippen molar-refractivity contribution in [2.45, 2.75) is 50.5 Å². The number of hydrogen-bond donors (Lipinski definition) is 1. The van der Waals surface area contributed by atoms with Crippen LogP contribution >= 0.6 is 11.8 Å². The van der Waals surface area contributed by atoms with Crippen molar-refractivity contribution in [3.8, 4) is 17.1 Å². The summed E-state index contributed by atoms with van der Waals surface area (Å²) in [5.41, 5.74) is 0.958. The summed E-state index contributed by atoms with van der Waals surface area (Å²) < 4.78 is 13.1. The molecule has 2 heterocycles. The lowest BCUT2D eigenvalue weighted by molar-refractivity contribution is -0.119. The van der Waals surface area contributed by atoms with E-state index >= 15 is 0 Å². The van der Waals surface area contributed by atoms with Crippen LogP contribution in [-0.4, -0.2) is 52.3 Å². The topological polar surface area (TPSA) is 78.3 Å². The first kappa shape index (κ1) is 19.7. The molecular formula is C19H26N4O3S. The summed E-state index contributed by atoms with van der Waals surface area (Å²) in [7, 11) is 1.64. The van der Waals surface area contributed by atoms with Crippen LogP contribution in [0.2, 0.25) is 0 Å². The van der Waals surface area contributed by atoms with E-state index in [0.717, 1.165) is 41.7 Å². The number of amides is 1. The number of carbonyl (C=O) groups excluding carboxylic acids is 1. The Hall–Kier alpha value is -2.06. The standard InChI is InChI=1S/C19H26N4O3S/c1-13(2)20-17(24)12-27-19-22-21-18(14-6-8-15(25-3)9-7-14)23(19)11-16-5-4-10-26-16/h6-9,13,16H,4-5,10-12H2,1-3H3,(H,20,24)/t16-/m1/s1. The maximum Gasteiger partial charge on any atom is 0.230 e. The first-order valence-corrected chi connectivity index (χ1v) is 10.2. The normalized spacial score (nSPS) is 16.7. The predicted molar refractivity (Wildman–Crippen MR) is 105 cm³/mol. The zero-order chi connectivity index (χ0) is 19.2.